The zero-order valence-corrected chi connectivity index (χ0v) is 17.7. The zero-order chi connectivity index (χ0) is 21.7. The molecule has 6 nitrogen and oxygen atoms in total. The maximum Gasteiger partial charge on any atom is 0.329 e. The maximum absolute atomic E-state index is 12.6. The molecule has 0 aliphatic heterocycles. The molecule has 30 heavy (non-hydrogen) atoms. The Kier molecular flexibility index (Phi) is 6.87. The van der Waals surface area contributed by atoms with Crippen molar-refractivity contribution in [3.05, 3.63) is 64.7 Å². The number of fused-ring (bicyclic) bond motifs is 1. The molecule has 0 radical (unpaired) electrons. The van der Waals surface area contributed by atoms with Gasteiger partial charge in [-0.2, -0.15) is 0 Å². The molecule has 0 aromatic heterocycles. The number of esters is 1. The first-order valence-corrected chi connectivity index (χ1v) is 10.3. The molecule has 1 aliphatic rings. The number of carbonyl (C=O) groups is 3. The smallest absolute Gasteiger partial charge is 0.329 e. The SMILES string of the molecule is Cc1ccccc1C(=O)N[C@H](C(=O)OCC(=O)Nc1ccc2c(c1)CCC2)C(C)C. The van der Waals surface area contributed by atoms with Crippen molar-refractivity contribution in [1.82, 2.24) is 5.32 Å². The molecule has 2 N–H and O–H groups in total. The Morgan fingerprint density at radius 2 is 1.77 bits per heavy atom. The molecule has 0 saturated heterocycles. The van der Waals surface area contributed by atoms with Crippen molar-refractivity contribution in [2.75, 3.05) is 11.9 Å². The van der Waals surface area contributed by atoms with Gasteiger partial charge in [-0.3, -0.25) is 9.59 Å². The number of carbonyl (C=O) groups excluding carboxylic acids is 3. The molecule has 0 heterocycles. The van der Waals surface area contributed by atoms with Crippen LogP contribution in [0, 0.1) is 12.8 Å². The van der Waals surface area contributed by atoms with Crippen molar-refractivity contribution in [3.63, 3.8) is 0 Å². The van der Waals surface area contributed by atoms with Gasteiger partial charge in [0.1, 0.15) is 6.04 Å². The third-order valence-electron chi connectivity index (χ3n) is 5.32. The highest BCUT2D eigenvalue weighted by Crippen LogP contribution is 2.24. The highest BCUT2D eigenvalue weighted by molar-refractivity contribution is 5.98. The highest BCUT2D eigenvalue weighted by Gasteiger charge is 2.27. The molecule has 0 bridgehead atoms. The molecule has 2 aromatic carbocycles. The van der Waals surface area contributed by atoms with E-state index in [-0.39, 0.29) is 11.8 Å². The number of hydrogen-bond acceptors (Lipinski definition) is 4. The van der Waals surface area contributed by atoms with E-state index in [1.54, 1.807) is 12.1 Å². The van der Waals surface area contributed by atoms with Crippen LogP contribution in [-0.4, -0.2) is 30.4 Å². The summed E-state index contributed by atoms with van der Waals surface area (Å²) in [4.78, 5) is 37.3. The van der Waals surface area contributed by atoms with Gasteiger partial charge in [0.15, 0.2) is 6.61 Å². The molecule has 6 heteroatoms. The minimum atomic E-state index is -0.843. The van der Waals surface area contributed by atoms with Crippen molar-refractivity contribution in [1.29, 1.82) is 0 Å². The average molecular weight is 408 g/mol. The normalized spacial score (nSPS) is 13.5. The van der Waals surface area contributed by atoms with Crippen LogP contribution in [0.4, 0.5) is 5.69 Å². The Labute approximate surface area is 177 Å². The Balaban J connectivity index is 1.55. The van der Waals surface area contributed by atoms with Crippen molar-refractivity contribution >= 4 is 23.5 Å². The molecule has 158 valence electrons. The number of benzene rings is 2. The van der Waals surface area contributed by atoms with Crippen LogP contribution in [0.15, 0.2) is 42.5 Å². The largest absolute Gasteiger partial charge is 0.454 e. The minimum Gasteiger partial charge on any atom is -0.454 e. The molecule has 1 atom stereocenters. The summed E-state index contributed by atoms with van der Waals surface area (Å²) in [6, 6.07) is 12.2. The maximum atomic E-state index is 12.6. The fourth-order valence-corrected chi connectivity index (χ4v) is 3.62. The number of hydrogen-bond donors (Lipinski definition) is 2. The van der Waals surface area contributed by atoms with Gasteiger partial charge < -0.3 is 15.4 Å². The van der Waals surface area contributed by atoms with Gasteiger partial charge in [0.25, 0.3) is 11.8 Å². The van der Waals surface area contributed by atoms with Gasteiger partial charge in [-0.05, 0) is 67.0 Å². The van der Waals surface area contributed by atoms with Crippen LogP contribution in [0.1, 0.15) is 47.3 Å². The molecule has 2 amide bonds. The summed E-state index contributed by atoms with van der Waals surface area (Å²) in [7, 11) is 0. The van der Waals surface area contributed by atoms with Crippen LogP contribution in [0.5, 0.6) is 0 Å². The Morgan fingerprint density at radius 1 is 1.03 bits per heavy atom. The van der Waals surface area contributed by atoms with Crippen molar-refractivity contribution in [3.8, 4) is 0 Å². The molecule has 0 spiro atoms. The lowest BCUT2D eigenvalue weighted by molar-refractivity contribution is -0.150. The lowest BCUT2D eigenvalue weighted by Gasteiger charge is -2.21. The summed E-state index contributed by atoms with van der Waals surface area (Å²) in [5.74, 6) is -1.57. The van der Waals surface area contributed by atoms with Crippen LogP contribution in [-0.2, 0) is 27.2 Å². The van der Waals surface area contributed by atoms with Gasteiger partial charge in [-0.25, -0.2) is 4.79 Å². The Bertz CT molecular complexity index is 952. The highest BCUT2D eigenvalue weighted by atomic mass is 16.5. The van der Waals surface area contributed by atoms with Crippen LogP contribution in [0.2, 0.25) is 0 Å². The first kappa shape index (κ1) is 21.6. The van der Waals surface area contributed by atoms with Gasteiger partial charge in [-0.1, -0.05) is 38.1 Å². The molecular formula is C24H28N2O4. The third-order valence-corrected chi connectivity index (χ3v) is 5.32. The number of aryl methyl sites for hydroxylation is 3. The van der Waals surface area contributed by atoms with E-state index < -0.39 is 24.5 Å². The molecular weight excluding hydrogens is 380 g/mol. The predicted octanol–water partition coefficient (Wildman–Crippen LogP) is 3.42. The number of ether oxygens (including phenoxy) is 1. The van der Waals surface area contributed by atoms with Crippen LogP contribution in [0.3, 0.4) is 0 Å². The standard InChI is InChI=1S/C24H28N2O4/c1-15(2)22(26-23(28)20-10-5-4-7-16(20)3)24(29)30-14-21(27)25-19-12-11-17-8-6-9-18(17)13-19/h4-5,7,10-13,15,22H,6,8-9,14H2,1-3H3,(H,25,27)(H,26,28)/t22-/m0/s1. The second-order valence-corrected chi connectivity index (χ2v) is 8.00. The van der Waals surface area contributed by atoms with E-state index in [1.807, 2.05) is 51.1 Å². The van der Waals surface area contributed by atoms with Gasteiger partial charge in [-0.15, -0.1) is 0 Å². The number of rotatable bonds is 7. The predicted molar refractivity (Wildman–Crippen MR) is 115 cm³/mol. The van der Waals surface area contributed by atoms with Gasteiger partial charge in [0, 0.05) is 11.3 Å². The van der Waals surface area contributed by atoms with Crippen LogP contribution >= 0.6 is 0 Å². The molecule has 1 aliphatic carbocycles. The molecule has 0 saturated carbocycles. The van der Waals surface area contributed by atoms with Gasteiger partial charge in [0.2, 0.25) is 0 Å². The van der Waals surface area contributed by atoms with E-state index in [0.29, 0.717) is 11.3 Å². The molecule has 0 unspecified atom stereocenters. The van der Waals surface area contributed by atoms with Crippen LogP contribution in [0.25, 0.3) is 0 Å². The van der Waals surface area contributed by atoms with Crippen molar-refractivity contribution in [2.45, 2.75) is 46.1 Å². The third kappa shape index (κ3) is 5.26. The Hall–Kier alpha value is -3.15. The van der Waals surface area contributed by atoms with E-state index in [2.05, 4.69) is 10.6 Å². The van der Waals surface area contributed by atoms with Crippen LogP contribution < -0.4 is 10.6 Å². The van der Waals surface area contributed by atoms with Gasteiger partial charge in [0.05, 0.1) is 0 Å². The second-order valence-electron chi connectivity index (χ2n) is 8.00. The van der Waals surface area contributed by atoms with E-state index in [4.69, 9.17) is 4.74 Å². The number of anilines is 1. The fourth-order valence-electron chi connectivity index (χ4n) is 3.62. The summed E-state index contributed by atoms with van der Waals surface area (Å²) in [6.07, 6.45) is 3.23. The van der Waals surface area contributed by atoms with E-state index in [1.165, 1.54) is 11.1 Å². The summed E-state index contributed by atoms with van der Waals surface area (Å²) < 4.78 is 5.19. The van der Waals surface area contributed by atoms with Gasteiger partial charge >= 0.3 is 5.97 Å². The molecule has 3 rings (SSSR count). The summed E-state index contributed by atoms with van der Waals surface area (Å²) in [5, 5.41) is 5.50. The number of nitrogens with one attached hydrogen (secondary N) is 2. The zero-order valence-electron chi connectivity index (χ0n) is 17.7. The Morgan fingerprint density at radius 3 is 2.50 bits per heavy atom. The minimum absolute atomic E-state index is 0.190. The summed E-state index contributed by atoms with van der Waals surface area (Å²) in [5.41, 5.74) is 4.60. The molecule has 0 fully saturated rings. The lowest BCUT2D eigenvalue weighted by atomic mass is 10.0. The summed E-state index contributed by atoms with van der Waals surface area (Å²) >= 11 is 0. The topological polar surface area (TPSA) is 84.5 Å². The first-order chi connectivity index (χ1) is 14.3. The van der Waals surface area contributed by atoms with Crippen molar-refractivity contribution < 1.29 is 19.1 Å². The number of amides is 2. The van der Waals surface area contributed by atoms with Crippen molar-refractivity contribution in [2.24, 2.45) is 5.92 Å². The first-order valence-electron chi connectivity index (χ1n) is 10.3. The van der Waals surface area contributed by atoms with E-state index in [0.717, 1.165) is 24.8 Å². The second kappa shape index (κ2) is 9.57. The lowest BCUT2D eigenvalue weighted by Crippen LogP contribution is -2.46. The fraction of sp³-hybridized carbons (Fsp3) is 0.375. The van der Waals surface area contributed by atoms with E-state index >= 15 is 0 Å². The monoisotopic (exact) mass is 408 g/mol. The molecule has 2 aromatic rings. The quantitative estimate of drug-likeness (QED) is 0.688. The van der Waals surface area contributed by atoms with E-state index in [9.17, 15) is 14.4 Å². The summed E-state index contributed by atoms with van der Waals surface area (Å²) in [6.45, 7) is 5.06. The average Bonchev–Trinajstić information content (AvgIpc) is 3.18.